The molecule has 1 amide bonds. The van der Waals surface area contributed by atoms with Crippen molar-refractivity contribution in [3.63, 3.8) is 0 Å². The lowest BCUT2D eigenvalue weighted by molar-refractivity contribution is -0.117. The Hall–Kier alpha value is -1.30. The van der Waals surface area contributed by atoms with Crippen LogP contribution in [0.1, 0.15) is 25.7 Å². The molecule has 1 atom stereocenters. The first-order valence-corrected chi connectivity index (χ1v) is 7.67. The van der Waals surface area contributed by atoms with E-state index < -0.39 is 0 Å². The number of anilines is 2. The van der Waals surface area contributed by atoms with E-state index in [1.54, 1.807) is 18.2 Å². The van der Waals surface area contributed by atoms with Gasteiger partial charge in [0, 0.05) is 18.3 Å². The van der Waals surface area contributed by atoms with Gasteiger partial charge >= 0.3 is 0 Å². The van der Waals surface area contributed by atoms with Crippen molar-refractivity contribution in [2.24, 2.45) is 0 Å². The van der Waals surface area contributed by atoms with E-state index in [9.17, 15) is 4.79 Å². The maximum absolute atomic E-state index is 12.1. The summed E-state index contributed by atoms with van der Waals surface area (Å²) in [4.78, 5) is 14.3. The third-order valence-corrected chi connectivity index (χ3v) is 4.14. The van der Waals surface area contributed by atoms with Gasteiger partial charge in [-0.25, -0.2) is 0 Å². The second-order valence-electron chi connectivity index (χ2n) is 5.42. The van der Waals surface area contributed by atoms with Gasteiger partial charge in [0.25, 0.3) is 0 Å². The molecule has 1 aliphatic heterocycles. The fourth-order valence-electron chi connectivity index (χ4n) is 2.77. The van der Waals surface area contributed by atoms with Crippen LogP contribution in [0.4, 0.5) is 11.4 Å². The molecular weight excluding hydrogens is 290 g/mol. The van der Waals surface area contributed by atoms with Crippen molar-refractivity contribution in [2.75, 3.05) is 30.7 Å². The van der Waals surface area contributed by atoms with Crippen LogP contribution in [0, 0.1) is 0 Å². The van der Waals surface area contributed by atoms with Gasteiger partial charge in [-0.3, -0.25) is 9.69 Å². The number of hydrogen-bond donors (Lipinski definition) is 3. The first-order chi connectivity index (χ1) is 10.1. The van der Waals surface area contributed by atoms with Crippen molar-refractivity contribution in [2.45, 2.75) is 31.7 Å². The van der Waals surface area contributed by atoms with Crippen LogP contribution in [0.25, 0.3) is 0 Å². The lowest BCUT2D eigenvalue weighted by Gasteiger charge is -2.23. The smallest absolute Gasteiger partial charge is 0.238 e. The van der Waals surface area contributed by atoms with E-state index in [0.29, 0.717) is 29.0 Å². The molecule has 116 valence electrons. The predicted molar refractivity (Wildman–Crippen MR) is 85.4 cm³/mol. The summed E-state index contributed by atoms with van der Waals surface area (Å²) in [5.41, 5.74) is 6.81. The number of nitrogens with one attached hydrogen (secondary N) is 1. The van der Waals surface area contributed by atoms with Crippen LogP contribution >= 0.6 is 11.6 Å². The van der Waals surface area contributed by atoms with E-state index in [1.165, 1.54) is 0 Å². The van der Waals surface area contributed by atoms with Gasteiger partial charge in [-0.2, -0.15) is 0 Å². The number of carbonyl (C=O) groups excluding carboxylic acids is 1. The van der Waals surface area contributed by atoms with E-state index in [2.05, 4.69) is 10.2 Å². The first-order valence-electron chi connectivity index (χ1n) is 7.30. The molecule has 0 aromatic heterocycles. The van der Waals surface area contributed by atoms with Gasteiger partial charge in [0.05, 0.1) is 17.3 Å². The average Bonchev–Trinajstić information content (AvgIpc) is 2.87. The zero-order valence-electron chi connectivity index (χ0n) is 12.0. The number of nitrogen functional groups attached to an aromatic ring is 1. The Balaban J connectivity index is 1.90. The molecule has 4 N–H and O–H groups in total. The minimum Gasteiger partial charge on any atom is -0.399 e. The highest BCUT2D eigenvalue weighted by atomic mass is 35.5. The van der Waals surface area contributed by atoms with Crippen LogP contribution in [-0.4, -0.2) is 41.7 Å². The van der Waals surface area contributed by atoms with Crippen LogP contribution in [0.15, 0.2) is 18.2 Å². The van der Waals surface area contributed by atoms with E-state index in [-0.39, 0.29) is 12.5 Å². The quantitative estimate of drug-likeness (QED) is 0.703. The van der Waals surface area contributed by atoms with Crippen molar-refractivity contribution >= 4 is 28.9 Å². The maximum atomic E-state index is 12.1. The molecule has 0 aliphatic carbocycles. The summed E-state index contributed by atoms with van der Waals surface area (Å²) >= 11 is 6.04. The number of hydrogen-bond acceptors (Lipinski definition) is 4. The molecule has 1 heterocycles. The van der Waals surface area contributed by atoms with Gasteiger partial charge < -0.3 is 16.2 Å². The highest BCUT2D eigenvalue weighted by Crippen LogP contribution is 2.25. The number of nitrogens with zero attached hydrogens (tertiary/aromatic N) is 1. The predicted octanol–water partition coefficient (Wildman–Crippen LogP) is 2.10. The standard InChI is InChI=1S/C15H22ClN3O2/c16-13-6-5-11(17)9-14(13)18-15(21)10-19-7-1-3-12(19)4-2-8-20/h5-6,9,12,20H,1-4,7-8,10,17H2,(H,18,21). The Bertz CT molecular complexity index is 496. The van der Waals surface area contributed by atoms with E-state index >= 15 is 0 Å². The largest absolute Gasteiger partial charge is 0.399 e. The number of nitrogens with two attached hydrogens (primary N) is 1. The molecule has 0 spiro atoms. The summed E-state index contributed by atoms with van der Waals surface area (Å²) in [7, 11) is 0. The minimum absolute atomic E-state index is 0.0848. The van der Waals surface area contributed by atoms with Crippen LogP contribution in [0.3, 0.4) is 0 Å². The molecule has 21 heavy (non-hydrogen) atoms. The van der Waals surface area contributed by atoms with Crippen molar-refractivity contribution in [3.8, 4) is 0 Å². The number of carbonyl (C=O) groups is 1. The first kappa shape index (κ1) is 16.1. The number of amides is 1. The lowest BCUT2D eigenvalue weighted by atomic mass is 10.1. The molecule has 1 aromatic rings. The summed E-state index contributed by atoms with van der Waals surface area (Å²) in [6.45, 7) is 1.48. The highest BCUT2D eigenvalue weighted by Gasteiger charge is 2.25. The molecule has 1 saturated heterocycles. The summed E-state index contributed by atoms with van der Waals surface area (Å²) < 4.78 is 0. The molecule has 0 radical (unpaired) electrons. The number of rotatable bonds is 6. The second-order valence-corrected chi connectivity index (χ2v) is 5.83. The topological polar surface area (TPSA) is 78.6 Å². The Morgan fingerprint density at radius 2 is 2.33 bits per heavy atom. The molecule has 1 fully saturated rings. The van der Waals surface area contributed by atoms with Crippen molar-refractivity contribution < 1.29 is 9.90 Å². The Morgan fingerprint density at radius 3 is 3.10 bits per heavy atom. The normalized spacial score (nSPS) is 18.9. The number of aliphatic hydroxyl groups is 1. The zero-order valence-corrected chi connectivity index (χ0v) is 12.8. The molecule has 2 rings (SSSR count). The van der Waals surface area contributed by atoms with Gasteiger partial charge in [-0.05, 0) is 50.4 Å². The summed E-state index contributed by atoms with van der Waals surface area (Å²) in [5.74, 6) is -0.0848. The second kappa shape index (κ2) is 7.64. The fraction of sp³-hybridized carbons (Fsp3) is 0.533. The number of halogens is 1. The average molecular weight is 312 g/mol. The maximum Gasteiger partial charge on any atom is 0.238 e. The summed E-state index contributed by atoms with van der Waals surface area (Å²) in [6.07, 6.45) is 3.90. The van der Waals surface area contributed by atoms with Crippen LogP contribution in [-0.2, 0) is 4.79 Å². The molecule has 5 nitrogen and oxygen atoms in total. The summed E-state index contributed by atoms with van der Waals surface area (Å²) in [5, 5.41) is 12.2. The number of benzene rings is 1. The number of likely N-dealkylation sites (tertiary alicyclic amines) is 1. The van der Waals surface area contributed by atoms with E-state index in [0.717, 1.165) is 32.2 Å². The van der Waals surface area contributed by atoms with Gasteiger partial charge in [0.15, 0.2) is 0 Å². The summed E-state index contributed by atoms with van der Waals surface area (Å²) in [6, 6.07) is 5.42. The third-order valence-electron chi connectivity index (χ3n) is 3.81. The van der Waals surface area contributed by atoms with Crippen molar-refractivity contribution in [1.82, 2.24) is 4.90 Å². The highest BCUT2D eigenvalue weighted by molar-refractivity contribution is 6.33. The molecule has 0 bridgehead atoms. The molecule has 1 aliphatic rings. The third kappa shape index (κ3) is 4.59. The zero-order chi connectivity index (χ0) is 15.2. The van der Waals surface area contributed by atoms with Crippen LogP contribution in [0.5, 0.6) is 0 Å². The Kier molecular flexibility index (Phi) is 5.85. The fourth-order valence-corrected chi connectivity index (χ4v) is 2.93. The van der Waals surface area contributed by atoms with E-state index in [4.69, 9.17) is 22.4 Å². The minimum atomic E-state index is -0.0848. The SMILES string of the molecule is Nc1ccc(Cl)c(NC(=O)CN2CCCC2CCCO)c1. The molecule has 1 aromatic carbocycles. The van der Waals surface area contributed by atoms with Crippen molar-refractivity contribution in [3.05, 3.63) is 23.2 Å². The molecular formula is C15H22ClN3O2. The van der Waals surface area contributed by atoms with Crippen molar-refractivity contribution in [1.29, 1.82) is 0 Å². The molecule has 6 heteroatoms. The number of aliphatic hydroxyl groups excluding tert-OH is 1. The monoisotopic (exact) mass is 311 g/mol. The Morgan fingerprint density at radius 1 is 1.52 bits per heavy atom. The van der Waals surface area contributed by atoms with Crippen LogP contribution < -0.4 is 11.1 Å². The lowest BCUT2D eigenvalue weighted by Crippen LogP contribution is -2.37. The van der Waals surface area contributed by atoms with Crippen LogP contribution in [0.2, 0.25) is 5.02 Å². The van der Waals surface area contributed by atoms with Gasteiger partial charge in [-0.1, -0.05) is 11.6 Å². The van der Waals surface area contributed by atoms with E-state index in [1.807, 2.05) is 0 Å². The van der Waals surface area contributed by atoms with Gasteiger partial charge in [0.1, 0.15) is 0 Å². The molecule has 0 saturated carbocycles. The van der Waals surface area contributed by atoms with Gasteiger partial charge in [0.2, 0.25) is 5.91 Å². The Labute approximate surface area is 130 Å². The van der Waals surface area contributed by atoms with Gasteiger partial charge in [-0.15, -0.1) is 0 Å². The molecule has 1 unspecified atom stereocenters.